The van der Waals surface area contributed by atoms with Crippen LogP contribution in [0.3, 0.4) is 0 Å². The lowest BCUT2D eigenvalue weighted by atomic mass is 9.83. The largest absolute Gasteiger partial charge is 0.415 e. The molecule has 3 rings (SSSR count). The van der Waals surface area contributed by atoms with Gasteiger partial charge in [-0.25, -0.2) is 9.59 Å². The van der Waals surface area contributed by atoms with Gasteiger partial charge in [0.1, 0.15) is 11.5 Å². The van der Waals surface area contributed by atoms with Crippen molar-refractivity contribution in [1.82, 2.24) is 9.80 Å². The van der Waals surface area contributed by atoms with Crippen molar-refractivity contribution >= 4 is 23.8 Å². The number of carbonyl (C=O) groups excluding carboxylic acids is 4. The number of amides is 2. The van der Waals surface area contributed by atoms with Crippen LogP contribution in [0.15, 0.2) is 36.4 Å². The quantitative estimate of drug-likeness (QED) is 0.574. The molecule has 8 nitrogen and oxygen atoms in total. The molecule has 0 spiro atoms. The van der Waals surface area contributed by atoms with Crippen LogP contribution in [0.5, 0.6) is 11.5 Å². The summed E-state index contributed by atoms with van der Waals surface area (Å²) in [5.41, 5.74) is 0.243. The molecular formula is C24H26N2O6. The molecule has 0 atom stereocenters. The van der Waals surface area contributed by atoms with Crippen molar-refractivity contribution in [3.05, 3.63) is 58.7 Å². The third kappa shape index (κ3) is 4.08. The van der Waals surface area contributed by atoms with E-state index >= 15 is 0 Å². The lowest BCUT2D eigenvalue weighted by molar-refractivity contribution is 0.0971. The third-order valence-corrected chi connectivity index (χ3v) is 5.43. The van der Waals surface area contributed by atoms with Gasteiger partial charge in [0.15, 0.2) is 11.6 Å². The predicted molar refractivity (Wildman–Crippen MR) is 118 cm³/mol. The third-order valence-electron chi connectivity index (χ3n) is 5.43. The summed E-state index contributed by atoms with van der Waals surface area (Å²) in [5, 5.41) is 0. The molecule has 0 N–H and O–H groups in total. The normalized spacial score (nSPS) is 12.0. The van der Waals surface area contributed by atoms with E-state index in [0.29, 0.717) is 26.2 Å². The molecule has 1 aliphatic rings. The molecule has 0 saturated carbocycles. The fourth-order valence-corrected chi connectivity index (χ4v) is 3.63. The Balaban J connectivity index is 2.02. The van der Waals surface area contributed by atoms with Gasteiger partial charge in [0.05, 0.1) is 11.1 Å². The fraction of sp³-hybridized carbons (Fsp3) is 0.333. The maximum atomic E-state index is 13.3. The zero-order valence-electron chi connectivity index (χ0n) is 18.6. The molecule has 0 fully saturated rings. The highest BCUT2D eigenvalue weighted by atomic mass is 16.6. The monoisotopic (exact) mass is 438 g/mol. The van der Waals surface area contributed by atoms with Crippen molar-refractivity contribution in [3.8, 4) is 11.5 Å². The molecule has 0 aromatic heterocycles. The number of rotatable bonds is 6. The predicted octanol–water partition coefficient (Wildman–Crippen LogP) is 4.14. The molecule has 2 aromatic carbocycles. The van der Waals surface area contributed by atoms with E-state index in [4.69, 9.17) is 9.47 Å². The van der Waals surface area contributed by atoms with Gasteiger partial charge in [0.2, 0.25) is 0 Å². The van der Waals surface area contributed by atoms with Crippen molar-refractivity contribution < 1.29 is 28.7 Å². The first-order valence-corrected chi connectivity index (χ1v) is 10.7. The molecule has 2 amide bonds. The van der Waals surface area contributed by atoms with Gasteiger partial charge in [-0.1, -0.05) is 24.3 Å². The van der Waals surface area contributed by atoms with Crippen molar-refractivity contribution in [3.63, 3.8) is 0 Å². The maximum Gasteiger partial charge on any atom is 0.415 e. The van der Waals surface area contributed by atoms with E-state index in [-0.39, 0.29) is 33.8 Å². The summed E-state index contributed by atoms with van der Waals surface area (Å²) in [6, 6.07) is 9.06. The minimum atomic E-state index is -0.601. The van der Waals surface area contributed by atoms with Crippen LogP contribution in [0.1, 0.15) is 59.5 Å². The van der Waals surface area contributed by atoms with Gasteiger partial charge in [-0.15, -0.1) is 0 Å². The second-order valence-electron chi connectivity index (χ2n) is 7.10. The molecular weight excluding hydrogens is 412 g/mol. The molecule has 0 heterocycles. The van der Waals surface area contributed by atoms with Gasteiger partial charge in [0.25, 0.3) is 0 Å². The number of hydrogen-bond donors (Lipinski definition) is 0. The van der Waals surface area contributed by atoms with Gasteiger partial charge >= 0.3 is 12.2 Å². The second-order valence-corrected chi connectivity index (χ2v) is 7.10. The summed E-state index contributed by atoms with van der Waals surface area (Å²) < 4.78 is 10.9. The molecule has 2 aromatic rings. The Morgan fingerprint density at radius 1 is 0.656 bits per heavy atom. The van der Waals surface area contributed by atoms with Crippen molar-refractivity contribution in [1.29, 1.82) is 0 Å². The Morgan fingerprint density at radius 3 is 1.31 bits per heavy atom. The zero-order valence-corrected chi connectivity index (χ0v) is 18.6. The van der Waals surface area contributed by atoms with Gasteiger partial charge in [0, 0.05) is 37.3 Å². The summed E-state index contributed by atoms with van der Waals surface area (Å²) in [6.07, 6.45) is -1.20. The van der Waals surface area contributed by atoms with Gasteiger partial charge in [-0.05, 0) is 39.8 Å². The number of nitrogens with zero attached hydrogens (tertiary/aromatic N) is 2. The van der Waals surface area contributed by atoms with Crippen molar-refractivity contribution in [2.45, 2.75) is 27.7 Å². The number of fused-ring (bicyclic) bond motifs is 2. The van der Waals surface area contributed by atoms with Crippen LogP contribution in [0, 0.1) is 0 Å². The first-order chi connectivity index (χ1) is 15.4. The van der Waals surface area contributed by atoms with E-state index in [9.17, 15) is 19.2 Å². The van der Waals surface area contributed by atoms with Crippen LogP contribution in [-0.4, -0.2) is 59.7 Å². The smallest absolute Gasteiger partial charge is 0.409 e. The van der Waals surface area contributed by atoms with E-state index in [1.165, 1.54) is 34.1 Å². The Kier molecular flexibility index (Phi) is 6.92. The van der Waals surface area contributed by atoms with E-state index in [1.54, 1.807) is 12.1 Å². The summed E-state index contributed by atoms with van der Waals surface area (Å²) in [5.74, 6) is -0.903. The van der Waals surface area contributed by atoms with Crippen LogP contribution in [0.2, 0.25) is 0 Å². The van der Waals surface area contributed by atoms with Gasteiger partial charge in [-0.2, -0.15) is 0 Å². The summed E-state index contributed by atoms with van der Waals surface area (Å²) in [4.78, 5) is 54.5. The zero-order chi connectivity index (χ0) is 23.4. The molecule has 0 bridgehead atoms. The Morgan fingerprint density at radius 2 is 1.00 bits per heavy atom. The Bertz CT molecular complexity index is 985. The number of carbonyl (C=O) groups is 4. The Hall–Kier alpha value is -3.68. The topological polar surface area (TPSA) is 93.2 Å². The SMILES string of the molecule is CCN(CC)C(=O)Oc1cccc2c1C(=O)c1cccc(OC(=O)N(CC)CC)c1C2=O. The highest BCUT2D eigenvalue weighted by Crippen LogP contribution is 2.37. The molecule has 32 heavy (non-hydrogen) atoms. The highest BCUT2D eigenvalue weighted by Gasteiger charge is 2.36. The maximum absolute atomic E-state index is 13.3. The minimum absolute atomic E-state index is 0.0222. The summed E-state index contributed by atoms with van der Waals surface area (Å²) >= 11 is 0. The standard InChI is InChI=1S/C24H26N2O6/c1-5-25(6-2)23(29)31-17-13-9-11-15-19(17)21(27)16-12-10-14-18(20(16)22(15)28)32-24(30)26(7-3)8-4/h9-14H,5-8H2,1-4H3. The lowest BCUT2D eigenvalue weighted by Gasteiger charge is -2.24. The van der Waals surface area contributed by atoms with E-state index in [0.717, 1.165) is 0 Å². The van der Waals surface area contributed by atoms with E-state index in [2.05, 4.69) is 0 Å². The Labute approximate surface area is 186 Å². The van der Waals surface area contributed by atoms with E-state index in [1.807, 2.05) is 27.7 Å². The fourth-order valence-electron chi connectivity index (χ4n) is 3.63. The molecule has 0 aliphatic heterocycles. The molecule has 0 saturated heterocycles. The summed E-state index contributed by atoms with van der Waals surface area (Å²) in [7, 11) is 0. The van der Waals surface area contributed by atoms with Crippen molar-refractivity contribution in [2.24, 2.45) is 0 Å². The first kappa shape index (κ1) is 23.0. The number of benzene rings is 2. The van der Waals surface area contributed by atoms with Crippen molar-refractivity contribution in [2.75, 3.05) is 26.2 Å². The number of ether oxygens (including phenoxy) is 2. The van der Waals surface area contributed by atoms with Crippen LogP contribution >= 0.6 is 0 Å². The number of hydrogen-bond acceptors (Lipinski definition) is 6. The first-order valence-electron chi connectivity index (χ1n) is 10.7. The molecule has 8 heteroatoms. The summed E-state index contributed by atoms with van der Waals surface area (Å²) in [6.45, 7) is 9.05. The molecule has 0 radical (unpaired) electrons. The van der Waals surface area contributed by atoms with Crippen LogP contribution in [0.25, 0.3) is 0 Å². The van der Waals surface area contributed by atoms with Crippen LogP contribution in [-0.2, 0) is 0 Å². The van der Waals surface area contributed by atoms with E-state index < -0.39 is 23.8 Å². The van der Waals surface area contributed by atoms with Crippen LogP contribution < -0.4 is 9.47 Å². The van der Waals surface area contributed by atoms with Crippen LogP contribution in [0.4, 0.5) is 9.59 Å². The average Bonchev–Trinajstić information content (AvgIpc) is 2.79. The molecule has 1 aliphatic carbocycles. The van der Waals surface area contributed by atoms with Gasteiger partial charge in [-0.3, -0.25) is 9.59 Å². The molecule has 0 unspecified atom stereocenters. The highest BCUT2D eigenvalue weighted by molar-refractivity contribution is 6.30. The minimum Gasteiger partial charge on any atom is -0.409 e. The van der Waals surface area contributed by atoms with Gasteiger partial charge < -0.3 is 19.3 Å². The number of ketones is 2. The molecule has 168 valence electrons. The average molecular weight is 438 g/mol. The lowest BCUT2D eigenvalue weighted by Crippen LogP contribution is -2.34. The second kappa shape index (κ2) is 9.64.